The van der Waals surface area contributed by atoms with Gasteiger partial charge in [0, 0.05) is 24.6 Å². The van der Waals surface area contributed by atoms with Gasteiger partial charge >= 0.3 is 0 Å². The molecule has 0 saturated carbocycles. The molecule has 0 saturated heterocycles. The number of hydrogen-bond acceptors (Lipinski definition) is 3. The van der Waals surface area contributed by atoms with Crippen molar-refractivity contribution in [3.05, 3.63) is 46.7 Å². The molecule has 1 aliphatic heterocycles. The van der Waals surface area contributed by atoms with E-state index in [-0.39, 0.29) is 11.4 Å². The Kier molecular flexibility index (Phi) is 3.92. The van der Waals surface area contributed by atoms with E-state index in [1.54, 1.807) is 6.92 Å². The molecule has 0 unspecified atom stereocenters. The second-order valence-corrected chi connectivity index (χ2v) is 6.21. The van der Waals surface area contributed by atoms with Crippen molar-refractivity contribution in [1.29, 1.82) is 0 Å². The van der Waals surface area contributed by atoms with Crippen LogP contribution in [0.2, 0.25) is 0 Å². The van der Waals surface area contributed by atoms with Gasteiger partial charge in [-0.05, 0) is 25.3 Å². The number of rotatable bonds is 3. The van der Waals surface area contributed by atoms with Crippen LogP contribution in [0.5, 0.6) is 0 Å². The largest absolute Gasteiger partial charge is 0.435 e. The number of aryl methyl sites for hydroxylation is 1. The monoisotopic (exact) mass is 320 g/mol. The zero-order valence-electron chi connectivity index (χ0n) is 13.3. The van der Waals surface area contributed by atoms with E-state index in [9.17, 15) is 13.6 Å². The van der Waals surface area contributed by atoms with Crippen molar-refractivity contribution in [3.8, 4) is 0 Å². The first-order chi connectivity index (χ1) is 10.9. The molecule has 2 aromatic rings. The lowest BCUT2D eigenvalue weighted by molar-refractivity contribution is 0.0960. The van der Waals surface area contributed by atoms with Crippen LogP contribution in [0, 0.1) is 24.5 Å². The Labute approximate surface area is 133 Å². The molecular formula is C17H18F2N2O2. The van der Waals surface area contributed by atoms with E-state index in [2.05, 4.69) is 4.98 Å². The molecule has 0 atom stereocenters. The lowest BCUT2D eigenvalue weighted by atomic mass is 10.1. The van der Waals surface area contributed by atoms with E-state index in [0.29, 0.717) is 42.5 Å². The van der Waals surface area contributed by atoms with Crippen molar-refractivity contribution in [2.75, 3.05) is 11.4 Å². The summed E-state index contributed by atoms with van der Waals surface area (Å²) in [5.74, 6) is -0.731. The molecule has 23 heavy (non-hydrogen) atoms. The normalized spacial score (nSPS) is 13.7. The molecule has 1 aromatic carbocycles. The Bertz CT molecular complexity index is 768. The summed E-state index contributed by atoms with van der Waals surface area (Å²) in [6.07, 6.45) is 0.993. The van der Waals surface area contributed by atoms with Crippen LogP contribution in [0.3, 0.4) is 0 Å². The van der Waals surface area contributed by atoms with Gasteiger partial charge in [-0.15, -0.1) is 0 Å². The predicted octanol–water partition coefficient (Wildman–Crippen LogP) is 3.66. The minimum absolute atomic E-state index is 0.137. The van der Waals surface area contributed by atoms with Crippen molar-refractivity contribution in [2.45, 2.75) is 33.6 Å². The van der Waals surface area contributed by atoms with E-state index in [1.807, 2.05) is 13.8 Å². The van der Waals surface area contributed by atoms with Gasteiger partial charge in [0.25, 0.3) is 5.91 Å². The molecule has 0 bridgehead atoms. The SMILES string of the molecule is Cc1nc(CC(C)C)oc1C(=O)N1CCc2c(F)cc(F)cc21. The van der Waals surface area contributed by atoms with Gasteiger partial charge in [0.2, 0.25) is 5.76 Å². The van der Waals surface area contributed by atoms with Crippen molar-refractivity contribution < 1.29 is 18.0 Å². The van der Waals surface area contributed by atoms with Crippen LogP contribution in [0.15, 0.2) is 16.5 Å². The summed E-state index contributed by atoms with van der Waals surface area (Å²) in [6, 6.07) is 2.03. The quantitative estimate of drug-likeness (QED) is 0.867. The number of oxazole rings is 1. The zero-order valence-corrected chi connectivity index (χ0v) is 13.3. The van der Waals surface area contributed by atoms with Gasteiger partial charge in [-0.2, -0.15) is 0 Å². The molecule has 6 heteroatoms. The molecule has 0 aliphatic carbocycles. The highest BCUT2D eigenvalue weighted by Crippen LogP contribution is 2.32. The Morgan fingerprint density at radius 3 is 2.83 bits per heavy atom. The first-order valence-electron chi connectivity index (χ1n) is 7.63. The maximum absolute atomic E-state index is 13.8. The molecule has 1 aliphatic rings. The van der Waals surface area contributed by atoms with Crippen molar-refractivity contribution in [1.82, 2.24) is 4.98 Å². The number of fused-ring (bicyclic) bond motifs is 1. The molecule has 0 radical (unpaired) electrons. The number of amides is 1. The van der Waals surface area contributed by atoms with Crippen LogP contribution in [0.1, 0.15) is 41.6 Å². The first kappa shape index (κ1) is 15.6. The summed E-state index contributed by atoms with van der Waals surface area (Å²) in [4.78, 5) is 18.3. The number of carbonyl (C=O) groups is 1. The van der Waals surface area contributed by atoms with E-state index < -0.39 is 17.5 Å². The summed E-state index contributed by atoms with van der Waals surface area (Å²) in [6.45, 7) is 6.06. The van der Waals surface area contributed by atoms with Gasteiger partial charge in [0.15, 0.2) is 5.89 Å². The van der Waals surface area contributed by atoms with Gasteiger partial charge in [-0.25, -0.2) is 13.8 Å². The highest BCUT2D eigenvalue weighted by atomic mass is 19.1. The third kappa shape index (κ3) is 2.85. The highest BCUT2D eigenvalue weighted by Gasteiger charge is 2.31. The molecule has 0 fully saturated rings. The van der Waals surface area contributed by atoms with Crippen molar-refractivity contribution in [3.63, 3.8) is 0 Å². The van der Waals surface area contributed by atoms with Crippen LogP contribution < -0.4 is 4.90 Å². The third-order valence-electron chi connectivity index (χ3n) is 3.88. The van der Waals surface area contributed by atoms with Gasteiger partial charge in [-0.1, -0.05) is 13.8 Å². The predicted molar refractivity (Wildman–Crippen MR) is 81.5 cm³/mol. The fourth-order valence-electron chi connectivity index (χ4n) is 2.84. The maximum atomic E-state index is 13.8. The number of carbonyl (C=O) groups excluding carboxylic acids is 1. The standard InChI is InChI=1S/C17H18F2N2O2/c1-9(2)6-15-20-10(3)16(23-15)17(22)21-5-4-12-13(19)7-11(18)8-14(12)21/h7-9H,4-6H2,1-3H3. The molecule has 0 N–H and O–H groups in total. The Hall–Kier alpha value is -2.24. The number of benzene rings is 1. The number of nitrogens with zero attached hydrogens (tertiary/aromatic N) is 2. The van der Waals surface area contributed by atoms with Crippen LogP contribution in [0.4, 0.5) is 14.5 Å². The molecule has 122 valence electrons. The van der Waals surface area contributed by atoms with Crippen molar-refractivity contribution in [2.24, 2.45) is 5.92 Å². The molecule has 0 spiro atoms. The fraction of sp³-hybridized carbons (Fsp3) is 0.412. The van der Waals surface area contributed by atoms with Gasteiger partial charge in [0.05, 0.1) is 11.4 Å². The summed E-state index contributed by atoms with van der Waals surface area (Å²) in [5.41, 5.74) is 1.13. The second-order valence-electron chi connectivity index (χ2n) is 6.21. The average Bonchev–Trinajstić information content (AvgIpc) is 3.01. The van der Waals surface area contributed by atoms with Crippen LogP contribution in [0.25, 0.3) is 0 Å². The molecule has 1 amide bonds. The zero-order chi connectivity index (χ0) is 16.7. The van der Waals surface area contributed by atoms with Crippen LogP contribution in [-0.2, 0) is 12.8 Å². The van der Waals surface area contributed by atoms with Gasteiger partial charge in [0.1, 0.15) is 11.6 Å². The molecule has 3 rings (SSSR count). The summed E-state index contributed by atoms with van der Waals surface area (Å²) in [7, 11) is 0. The van der Waals surface area contributed by atoms with Crippen LogP contribution in [-0.4, -0.2) is 17.4 Å². The van der Waals surface area contributed by atoms with E-state index in [1.165, 1.54) is 11.0 Å². The Balaban J connectivity index is 1.93. The fourth-order valence-corrected chi connectivity index (χ4v) is 2.84. The minimum atomic E-state index is -0.698. The first-order valence-corrected chi connectivity index (χ1v) is 7.63. The second kappa shape index (κ2) is 5.76. The van der Waals surface area contributed by atoms with E-state index in [4.69, 9.17) is 4.42 Å². The van der Waals surface area contributed by atoms with E-state index in [0.717, 1.165) is 6.07 Å². The molecule has 2 heterocycles. The van der Waals surface area contributed by atoms with Crippen LogP contribution >= 0.6 is 0 Å². The number of anilines is 1. The summed E-state index contributed by atoms with van der Waals surface area (Å²) in [5, 5.41) is 0. The lowest BCUT2D eigenvalue weighted by Gasteiger charge is -2.16. The maximum Gasteiger partial charge on any atom is 0.296 e. The smallest absolute Gasteiger partial charge is 0.296 e. The molecule has 4 nitrogen and oxygen atoms in total. The molecular weight excluding hydrogens is 302 g/mol. The van der Waals surface area contributed by atoms with Gasteiger partial charge in [-0.3, -0.25) is 4.79 Å². The number of hydrogen-bond donors (Lipinski definition) is 0. The topological polar surface area (TPSA) is 46.3 Å². The summed E-state index contributed by atoms with van der Waals surface area (Å²) < 4.78 is 32.9. The highest BCUT2D eigenvalue weighted by molar-refractivity contribution is 6.06. The molecule has 1 aromatic heterocycles. The number of halogens is 2. The third-order valence-corrected chi connectivity index (χ3v) is 3.88. The Morgan fingerprint density at radius 2 is 2.13 bits per heavy atom. The average molecular weight is 320 g/mol. The van der Waals surface area contributed by atoms with Gasteiger partial charge < -0.3 is 9.32 Å². The van der Waals surface area contributed by atoms with E-state index >= 15 is 0 Å². The number of aromatic nitrogens is 1. The summed E-state index contributed by atoms with van der Waals surface area (Å²) >= 11 is 0. The van der Waals surface area contributed by atoms with Crippen molar-refractivity contribution >= 4 is 11.6 Å². The lowest BCUT2D eigenvalue weighted by Crippen LogP contribution is -2.29. The minimum Gasteiger partial charge on any atom is -0.435 e. The Morgan fingerprint density at radius 1 is 1.39 bits per heavy atom.